The maximum atomic E-state index is 6.15. The molecule has 2 rings (SSSR count). The summed E-state index contributed by atoms with van der Waals surface area (Å²) in [5.41, 5.74) is 1.07. The van der Waals surface area contributed by atoms with E-state index in [0.29, 0.717) is 5.15 Å². The summed E-state index contributed by atoms with van der Waals surface area (Å²) in [4.78, 5) is 4.36. The molecule has 2 aromatic heterocycles. The van der Waals surface area contributed by atoms with Crippen LogP contribution in [0.1, 0.15) is 13.3 Å². The predicted octanol–water partition coefficient (Wildman–Crippen LogP) is 1.87. The van der Waals surface area contributed by atoms with E-state index >= 15 is 0 Å². The van der Waals surface area contributed by atoms with Gasteiger partial charge in [-0.2, -0.15) is 0 Å². The van der Waals surface area contributed by atoms with Gasteiger partial charge in [0, 0.05) is 13.2 Å². The lowest BCUT2D eigenvalue weighted by atomic mass is 10.4. The Labute approximate surface area is 99.9 Å². The highest BCUT2D eigenvalue weighted by Gasteiger charge is 2.17. The molecular weight excluding hydrogens is 224 g/mol. The number of halogens is 1. The monoisotopic (exact) mass is 239 g/mol. The zero-order valence-electron chi connectivity index (χ0n) is 9.79. The molecular formula is C11H16ClN4+. The molecule has 2 aromatic rings. The van der Waals surface area contributed by atoms with Gasteiger partial charge in [0.05, 0.1) is 19.0 Å². The molecule has 0 amide bonds. The minimum absolute atomic E-state index is 0.548. The lowest BCUT2D eigenvalue weighted by Crippen LogP contribution is -2.36. The van der Waals surface area contributed by atoms with E-state index in [4.69, 9.17) is 11.6 Å². The van der Waals surface area contributed by atoms with Crippen molar-refractivity contribution in [1.29, 1.82) is 0 Å². The van der Waals surface area contributed by atoms with Crippen molar-refractivity contribution in [1.82, 2.24) is 9.55 Å². The first-order valence-electron chi connectivity index (χ1n) is 5.39. The summed E-state index contributed by atoms with van der Waals surface area (Å²) >= 11 is 6.15. The van der Waals surface area contributed by atoms with Gasteiger partial charge in [-0.3, -0.25) is 9.88 Å². The molecule has 1 N–H and O–H groups in total. The van der Waals surface area contributed by atoms with E-state index in [2.05, 4.69) is 17.2 Å². The molecule has 0 aliphatic rings. The maximum Gasteiger partial charge on any atom is 0.348 e. The Morgan fingerprint density at radius 2 is 2.31 bits per heavy atom. The Morgan fingerprint density at radius 1 is 1.56 bits per heavy atom. The van der Waals surface area contributed by atoms with Crippen molar-refractivity contribution in [2.24, 2.45) is 14.1 Å². The van der Waals surface area contributed by atoms with E-state index in [1.165, 1.54) is 0 Å². The quantitative estimate of drug-likeness (QED) is 0.656. The lowest BCUT2D eigenvalue weighted by Gasteiger charge is -2.05. The Kier molecular flexibility index (Phi) is 3.01. The largest absolute Gasteiger partial charge is 0.348 e. The van der Waals surface area contributed by atoms with E-state index in [-0.39, 0.29) is 0 Å². The number of hydrogen-bond donors (Lipinski definition) is 1. The van der Waals surface area contributed by atoms with Crippen LogP contribution in [0.15, 0.2) is 12.3 Å². The summed E-state index contributed by atoms with van der Waals surface area (Å²) in [6.07, 6.45) is 3.05. The van der Waals surface area contributed by atoms with Crippen molar-refractivity contribution in [3.05, 3.63) is 17.4 Å². The normalized spacial score (nSPS) is 11.0. The zero-order chi connectivity index (χ0) is 11.7. The number of nitrogens with zero attached hydrogens (tertiary/aromatic N) is 3. The summed E-state index contributed by atoms with van der Waals surface area (Å²) in [5.74, 6) is 0.807. The van der Waals surface area contributed by atoms with Crippen molar-refractivity contribution in [3.8, 4) is 0 Å². The van der Waals surface area contributed by atoms with Crippen LogP contribution in [0.2, 0.25) is 5.15 Å². The van der Waals surface area contributed by atoms with Gasteiger partial charge < -0.3 is 0 Å². The van der Waals surface area contributed by atoms with Crippen molar-refractivity contribution < 1.29 is 4.57 Å². The van der Waals surface area contributed by atoms with Crippen LogP contribution in [0.4, 0.5) is 5.95 Å². The zero-order valence-corrected chi connectivity index (χ0v) is 10.5. The summed E-state index contributed by atoms with van der Waals surface area (Å²) in [5, 5.41) is 4.80. The fourth-order valence-corrected chi connectivity index (χ4v) is 2.05. The van der Waals surface area contributed by atoms with Gasteiger partial charge in [-0.15, -0.1) is 0 Å². The molecule has 0 saturated carbocycles. The standard InChI is InChI=1S/C11H15ClN4/c1-4-6-13-11-14-9(12)8-5-7-15(2)10(8)16(11)3/h5,7H,4,6H2,1-3H3/p+1. The van der Waals surface area contributed by atoms with Crippen LogP contribution >= 0.6 is 11.6 Å². The van der Waals surface area contributed by atoms with Crippen LogP contribution < -0.4 is 9.88 Å². The Morgan fingerprint density at radius 3 is 3.00 bits per heavy atom. The van der Waals surface area contributed by atoms with Crippen molar-refractivity contribution in [2.45, 2.75) is 13.3 Å². The van der Waals surface area contributed by atoms with Crippen molar-refractivity contribution >= 4 is 28.6 Å². The molecule has 4 nitrogen and oxygen atoms in total. The molecule has 86 valence electrons. The third-order valence-corrected chi connectivity index (χ3v) is 2.92. The van der Waals surface area contributed by atoms with Crippen LogP contribution in [-0.4, -0.2) is 16.1 Å². The Bertz CT molecular complexity index is 518. The fraction of sp³-hybridized carbons (Fsp3) is 0.455. The summed E-state index contributed by atoms with van der Waals surface area (Å²) in [6, 6.07) is 1.98. The highest BCUT2D eigenvalue weighted by molar-refractivity contribution is 6.33. The number of rotatable bonds is 3. The molecule has 0 aliphatic heterocycles. The second-order valence-corrected chi connectivity index (χ2v) is 4.23. The molecule has 0 bridgehead atoms. The minimum atomic E-state index is 0.548. The second kappa shape index (κ2) is 4.29. The Balaban J connectivity index is 2.59. The van der Waals surface area contributed by atoms with Gasteiger partial charge in [0.15, 0.2) is 0 Å². The Hall–Kier alpha value is -1.29. The van der Waals surface area contributed by atoms with Gasteiger partial charge in [0.1, 0.15) is 0 Å². The molecule has 0 aliphatic carbocycles. The lowest BCUT2D eigenvalue weighted by molar-refractivity contribution is -0.635. The van der Waals surface area contributed by atoms with Crippen LogP contribution in [0, 0.1) is 0 Å². The fourth-order valence-electron chi connectivity index (χ4n) is 1.82. The van der Waals surface area contributed by atoms with Gasteiger partial charge in [-0.05, 0) is 24.1 Å². The van der Waals surface area contributed by atoms with E-state index in [9.17, 15) is 0 Å². The molecule has 0 spiro atoms. The number of fused-ring (bicyclic) bond motifs is 1. The van der Waals surface area contributed by atoms with Crippen molar-refractivity contribution in [3.63, 3.8) is 0 Å². The maximum absolute atomic E-state index is 6.15. The van der Waals surface area contributed by atoms with Crippen LogP contribution in [0.3, 0.4) is 0 Å². The van der Waals surface area contributed by atoms with E-state index in [0.717, 1.165) is 29.9 Å². The predicted molar refractivity (Wildman–Crippen MR) is 65.7 cm³/mol. The van der Waals surface area contributed by atoms with Crippen LogP contribution in [0.5, 0.6) is 0 Å². The summed E-state index contributed by atoms with van der Waals surface area (Å²) < 4.78 is 4.07. The topological polar surface area (TPSA) is 33.7 Å². The molecule has 0 saturated heterocycles. The van der Waals surface area contributed by atoms with Gasteiger partial charge in [0.25, 0.3) is 0 Å². The molecule has 0 aromatic carbocycles. The van der Waals surface area contributed by atoms with Crippen LogP contribution in [-0.2, 0) is 14.1 Å². The molecule has 0 radical (unpaired) electrons. The van der Waals surface area contributed by atoms with Crippen LogP contribution in [0.25, 0.3) is 11.0 Å². The molecule has 0 fully saturated rings. The molecule has 0 unspecified atom stereocenters. The SMILES string of the molecule is CCCNc1nc(Cl)c2ccn(C)c2[n+]1C. The average molecular weight is 240 g/mol. The summed E-state index contributed by atoms with van der Waals surface area (Å²) in [7, 11) is 3.99. The summed E-state index contributed by atoms with van der Waals surface area (Å²) in [6.45, 7) is 3.02. The first kappa shape index (κ1) is 11.2. The number of hydrogen-bond acceptors (Lipinski definition) is 2. The smallest absolute Gasteiger partial charge is 0.294 e. The minimum Gasteiger partial charge on any atom is -0.294 e. The highest BCUT2D eigenvalue weighted by atomic mass is 35.5. The third kappa shape index (κ3) is 1.73. The molecule has 0 atom stereocenters. The average Bonchev–Trinajstić information content (AvgIpc) is 2.64. The first-order valence-corrected chi connectivity index (χ1v) is 5.77. The number of aryl methyl sites for hydroxylation is 2. The van der Waals surface area contributed by atoms with Gasteiger partial charge in [0.2, 0.25) is 10.8 Å². The van der Waals surface area contributed by atoms with Crippen molar-refractivity contribution in [2.75, 3.05) is 11.9 Å². The molecule has 16 heavy (non-hydrogen) atoms. The number of nitrogens with one attached hydrogen (secondary N) is 1. The van der Waals surface area contributed by atoms with Gasteiger partial charge in [-0.25, -0.2) is 4.57 Å². The highest BCUT2D eigenvalue weighted by Crippen LogP contribution is 2.20. The molecule has 5 heteroatoms. The third-order valence-electron chi connectivity index (χ3n) is 2.63. The van der Waals surface area contributed by atoms with Gasteiger partial charge >= 0.3 is 5.95 Å². The molecule has 2 heterocycles. The second-order valence-electron chi connectivity index (χ2n) is 3.88. The van der Waals surface area contributed by atoms with E-state index in [1.54, 1.807) is 0 Å². The van der Waals surface area contributed by atoms with Gasteiger partial charge in [-0.1, -0.05) is 11.9 Å². The van der Waals surface area contributed by atoms with E-state index < -0.39 is 0 Å². The van der Waals surface area contributed by atoms with E-state index in [1.807, 2.05) is 35.5 Å². The number of anilines is 1. The number of aromatic nitrogens is 3. The first-order chi connectivity index (χ1) is 7.65.